The van der Waals surface area contributed by atoms with E-state index in [9.17, 15) is 4.79 Å². The monoisotopic (exact) mass is 382 g/mol. The lowest BCUT2D eigenvalue weighted by atomic mass is 10.1. The number of hydrogen-bond donors (Lipinski definition) is 1. The van der Waals surface area contributed by atoms with Crippen LogP contribution >= 0.6 is 0 Å². The van der Waals surface area contributed by atoms with Crippen LogP contribution in [0.3, 0.4) is 0 Å². The number of carbonyl (C=O) groups is 1. The van der Waals surface area contributed by atoms with E-state index < -0.39 is 0 Å². The fourth-order valence-corrected chi connectivity index (χ4v) is 3.16. The summed E-state index contributed by atoms with van der Waals surface area (Å²) < 4.78 is 1.76. The number of aromatic nitrogens is 3. The quantitative estimate of drug-likeness (QED) is 0.554. The molecule has 0 saturated heterocycles. The molecule has 5 nitrogen and oxygen atoms in total. The molecule has 29 heavy (non-hydrogen) atoms. The summed E-state index contributed by atoms with van der Waals surface area (Å²) in [6.45, 7) is 4.49. The van der Waals surface area contributed by atoms with Crippen molar-refractivity contribution in [2.24, 2.45) is 0 Å². The third-order valence-electron chi connectivity index (χ3n) is 4.73. The number of aryl methyl sites for hydroxylation is 2. The van der Waals surface area contributed by atoms with Crippen molar-refractivity contribution in [3.63, 3.8) is 0 Å². The lowest BCUT2D eigenvalue weighted by Gasteiger charge is -2.10. The summed E-state index contributed by atoms with van der Waals surface area (Å²) in [6, 6.07) is 25.7. The summed E-state index contributed by atoms with van der Waals surface area (Å²) in [5, 5.41) is 7.47. The summed E-state index contributed by atoms with van der Waals surface area (Å²) in [5.74, 6) is 0.500. The molecular weight excluding hydrogens is 360 g/mol. The lowest BCUT2D eigenvalue weighted by molar-refractivity contribution is 0.0940. The van der Waals surface area contributed by atoms with Crippen molar-refractivity contribution in [3.05, 3.63) is 101 Å². The maximum absolute atomic E-state index is 12.7. The molecule has 0 aliphatic carbocycles. The third kappa shape index (κ3) is 4.09. The topological polar surface area (TPSA) is 59.8 Å². The van der Waals surface area contributed by atoms with Crippen LogP contribution in [-0.4, -0.2) is 20.7 Å². The molecule has 4 aromatic rings. The van der Waals surface area contributed by atoms with E-state index in [1.54, 1.807) is 4.68 Å². The predicted octanol–water partition coefficient (Wildman–Crippen LogP) is 4.48. The highest BCUT2D eigenvalue weighted by Crippen LogP contribution is 2.24. The van der Waals surface area contributed by atoms with Crippen LogP contribution in [0.15, 0.2) is 78.9 Å². The Kier molecular flexibility index (Phi) is 5.20. The minimum atomic E-state index is -0.296. The zero-order chi connectivity index (χ0) is 20.2. The van der Waals surface area contributed by atoms with Gasteiger partial charge in [-0.2, -0.15) is 0 Å². The van der Waals surface area contributed by atoms with E-state index in [1.807, 2.05) is 74.5 Å². The molecule has 1 N–H and O–H groups in total. The second-order valence-electron chi connectivity index (χ2n) is 7.00. The molecule has 0 aliphatic heterocycles. The Balaban J connectivity index is 1.72. The molecule has 1 amide bonds. The standard InChI is InChI=1S/C24H22N4O/c1-17-13-14-18(2)21(15-17)28-23(20-11-7-4-8-12-20)26-22(27-28)24(29)25-16-19-9-5-3-6-10-19/h3-15H,16H2,1-2H3,(H,25,29). The molecule has 0 unspecified atom stereocenters. The minimum Gasteiger partial charge on any atom is -0.345 e. The molecule has 1 heterocycles. The molecule has 1 aromatic heterocycles. The average Bonchev–Trinajstić information content (AvgIpc) is 3.20. The number of nitrogens with zero attached hydrogens (tertiary/aromatic N) is 3. The molecule has 0 aliphatic rings. The second-order valence-corrected chi connectivity index (χ2v) is 7.00. The van der Waals surface area contributed by atoms with Gasteiger partial charge in [-0.1, -0.05) is 72.8 Å². The van der Waals surface area contributed by atoms with Crippen molar-refractivity contribution in [3.8, 4) is 17.1 Å². The van der Waals surface area contributed by atoms with Gasteiger partial charge in [-0.3, -0.25) is 4.79 Å². The Morgan fingerprint density at radius 2 is 1.62 bits per heavy atom. The zero-order valence-corrected chi connectivity index (χ0v) is 16.5. The number of carbonyl (C=O) groups excluding carboxylic acids is 1. The van der Waals surface area contributed by atoms with Crippen molar-refractivity contribution in [2.45, 2.75) is 20.4 Å². The Hall–Kier alpha value is -3.73. The van der Waals surface area contributed by atoms with E-state index in [-0.39, 0.29) is 11.7 Å². The molecule has 144 valence electrons. The van der Waals surface area contributed by atoms with Gasteiger partial charge in [0.25, 0.3) is 5.91 Å². The highest BCUT2D eigenvalue weighted by Gasteiger charge is 2.19. The van der Waals surface area contributed by atoms with Gasteiger partial charge >= 0.3 is 0 Å². The molecule has 0 radical (unpaired) electrons. The highest BCUT2D eigenvalue weighted by atomic mass is 16.2. The number of hydrogen-bond acceptors (Lipinski definition) is 3. The van der Waals surface area contributed by atoms with Gasteiger partial charge in [0.15, 0.2) is 5.82 Å². The molecule has 5 heteroatoms. The van der Waals surface area contributed by atoms with Crippen molar-refractivity contribution in [1.29, 1.82) is 0 Å². The van der Waals surface area contributed by atoms with Crippen LogP contribution in [0.2, 0.25) is 0 Å². The number of amides is 1. The Morgan fingerprint density at radius 3 is 2.34 bits per heavy atom. The van der Waals surface area contributed by atoms with E-state index in [0.29, 0.717) is 12.4 Å². The molecule has 0 spiro atoms. The molecule has 3 aromatic carbocycles. The average molecular weight is 382 g/mol. The summed E-state index contributed by atoms with van der Waals surface area (Å²) in [6.07, 6.45) is 0. The van der Waals surface area contributed by atoms with Crippen LogP contribution in [-0.2, 0) is 6.54 Å². The van der Waals surface area contributed by atoms with E-state index in [1.165, 1.54) is 0 Å². The van der Waals surface area contributed by atoms with Crippen LogP contribution in [0.5, 0.6) is 0 Å². The Morgan fingerprint density at radius 1 is 0.931 bits per heavy atom. The van der Waals surface area contributed by atoms with Gasteiger partial charge in [0.1, 0.15) is 0 Å². The van der Waals surface area contributed by atoms with Crippen molar-refractivity contribution >= 4 is 5.91 Å². The van der Waals surface area contributed by atoms with Gasteiger partial charge in [-0.25, -0.2) is 9.67 Å². The highest BCUT2D eigenvalue weighted by molar-refractivity contribution is 5.91. The molecule has 0 bridgehead atoms. The first-order valence-electron chi connectivity index (χ1n) is 9.54. The maximum Gasteiger partial charge on any atom is 0.291 e. The van der Waals surface area contributed by atoms with Crippen molar-refractivity contribution < 1.29 is 4.79 Å². The first kappa shape index (κ1) is 18.6. The third-order valence-corrected chi connectivity index (χ3v) is 4.73. The predicted molar refractivity (Wildman–Crippen MR) is 114 cm³/mol. The summed E-state index contributed by atoms with van der Waals surface area (Å²) >= 11 is 0. The molecule has 0 atom stereocenters. The van der Waals surface area contributed by atoms with Gasteiger partial charge in [0, 0.05) is 12.1 Å². The normalized spacial score (nSPS) is 10.7. The number of nitrogens with one attached hydrogen (secondary N) is 1. The van der Waals surface area contributed by atoms with Crippen LogP contribution in [0.4, 0.5) is 0 Å². The van der Waals surface area contributed by atoms with E-state index in [2.05, 4.69) is 33.6 Å². The SMILES string of the molecule is Cc1ccc(C)c(-n2nc(C(=O)NCc3ccccc3)nc2-c2ccccc2)c1. The zero-order valence-electron chi connectivity index (χ0n) is 16.5. The van der Waals surface area contributed by atoms with Crippen molar-refractivity contribution in [2.75, 3.05) is 0 Å². The number of rotatable bonds is 5. The largest absolute Gasteiger partial charge is 0.345 e. The molecule has 4 rings (SSSR count). The maximum atomic E-state index is 12.7. The molecule has 0 fully saturated rings. The molecular formula is C24H22N4O. The van der Waals surface area contributed by atoms with E-state index in [4.69, 9.17) is 0 Å². The van der Waals surface area contributed by atoms with Gasteiger partial charge in [-0.05, 0) is 36.6 Å². The first-order chi connectivity index (χ1) is 14.1. The van der Waals surface area contributed by atoms with Gasteiger partial charge in [0.2, 0.25) is 5.82 Å². The van der Waals surface area contributed by atoms with Gasteiger partial charge in [-0.15, -0.1) is 5.10 Å². The summed E-state index contributed by atoms with van der Waals surface area (Å²) in [4.78, 5) is 17.3. The van der Waals surface area contributed by atoms with E-state index in [0.717, 1.165) is 27.9 Å². The van der Waals surface area contributed by atoms with Gasteiger partial charge in [0.05, 0.1) is 5.69 Å². The van der Waals surface area contributed by atoms with Crippen LogP contribution < -0.4 is 5.32 Å². The van der Waals surface area contributed by atoms with E-state index >= 15 is 0 Å². The smallest absolute Gasteiger partial charge is 0.291 e. The number of benzene rings is 3. The summed E-state index contributed by atoms with van der Waals surface area (Å²) in [7, 11) is 0. The Bertz CT molecular complexity index is 1130. The Labute approximate surface area is 170 Å². The molecule has 0 saturated carbocycles. The fourth-order valence-electron chi connectivity index (χ4n) is 3.16. The lowest BCUT2D eigenvalue weighted by Crippen LogP contribution is -2.24. The first-order valence-corrected chi connectivity index (χ1v) is 9.54. The van der Waals surface area contributed by atoms with Crippen LogP contribution in [0.25, 0.3) is 17.1 Å². The van der Waals surface area contributed by atoms with Crippen LogP contribution in [0.1, 0.15) is 27.3 Å². The minimum absolute atomic E-state index is 0.153. The van der Waals surface area contributed by atoms with Crippen molar-refractivity contribution in [1.82, 2.24) is 20.1 Å². The second kappa shape index (κ2) is 8.10. The fraction of sp³-hybridized carbons (Fsp3) is 0.125. The van der Waals surface area contributed by atoms with Crippen LogP contribution in [0, 0.1) is 13.8 Å². The van der Waals surface area contributed by atoms with Gasteiger partial charge < -0.3 is 5.32 Å². The summed E-state index contributed by atoms with van der Waals surface area (Å²) in [5.41, 5.74) is 5.03.